The number of amides is 1. The standard InChI is InChI=1S/C29H36N6O4SSi/c1-22(2)35-27(20-26(33-35)23-10-7-6-8-11-23)28(36)32-24-12-14-25(15-13-24)40(37,38)34(29-30-16-9-17-31-29)21-39-18-19-41(3,4)5/h6-17,20,22H,18-19,21H2,1-5H3,(H,32,36). The number of anilines is 2. The lowest BCUT2D eigenvalue weighted by Gasteiger charge is -2.23. The van der Waals surface area contributed by atoms with Crippen LogP contribution in [0.15, 0.2) is 84.0 Å². The molecule has 0 aliphatic heterocycles. The Balaban J connectivity index is 1.53. The van der Waals surface area contributed by atoms with E-state index in [2.05, 4.69) is 40.0 Å². The van der Waals surface area contributed by atoms with Crippen LogP contribution >= 0.6 is 0 Å². The molecule has 0 unspecified atom stereocenters. The molecule has 10 nitrogen and oxygen atoms in total. The molecule has 41 heavy (non-hydrogen) atoms. The Kier molecular flexibility index (Phi) is 9.36. The monoisotopic (exact) mass is 592 g/mol. The van der Waals surface area contributed by atoms with E-state index in [4.69, 9.17) is 4.74 Å². The maximum absolute atomic E-state index is 13.6. The quantitative estimate of drug-likeness (QED) is 0.128. The van der Waals surface area contributed by atoms with Gasteiger partial charge in [0, 0.05) is 44.4 Å². The van der Waals surface area contributed by atoms with Crippen LogP contribution in [0.2, 0.25) is 25.7 Å². The van der Waals surface area contributed by atoms with Crippen molar-refractivity contribution in [3.63, 3.8) is 0 Å². The third-order valence-corrected chi connectivity index (χ3v) is 9.63. The fourth-order valence-corrected chi connectivity index (χ4v) is 5.93. The van der Waals surface area contributed by atoms with Crippen molar-refractivity contribution >= 4 is 35.6 Å². The van der Waals surface area contributed by atoms with Crippen molar-refractivity contribution in [1.29, 1.82) is 0 Å². The van der Waals surface area contributed by atoms with Crippen LogP contribution in [0, 0.1) is 0 Å². The van der Waals surface area contributed by atoms with Crippen LogP contribution in [0.4, 0.5) is 11.6 Å². The van der Waals surface area contributed by atoms with Gasteiger partial charge in [-0.3, -0.25) is 9.48 Å². The van der Waals surface area contributed by atoms with E-state index in [-0.39, 0.29) is 29.5 Å². The van der Waals surface area contributed by atoms with E-state index in [0.717, 1.165) is 15.9 Å². The van der Waals surface area contributed by atoms with Gasteiger partial charge in [-0.1, -0.05) is 50.0 Å². The maximum Gasteiger partial charge on any atom is 0.273 e. The van der Waals surface area contributed by atoms with Gasteiger partial charge in [0.1, 0.15) is 12.4 Å². The molecule has 0 saturated heterocycles. The summed E-state index contributed by atoms with van der Waals surface area (Å²) in [6.07, 6.45) is 2.97. The summed E-state index contributed by atoms with van der Waals surface area (Å²) in [5, 5.41) is 7.49. The molecule has 1 N–H and O–H groups in total. The summed E-state index contributed by atoms with van der Waals surface area (Å²) in [5.74, 6) is -0.326. The summed E-state index contributed by atoms with van der Waals surface area (Å²) in [5.41, 5.74) is 2.45. The molecule has 0 spiro atoms. The molecule has 1 amide bonds. The Morgan fingerprint density at radius 2 is 1.66 bits per heavy atom. The average Bonchev–Trinajstić information content (AvgIpc) is 3.40. The zero-order valence-corrected chi connectivity index (χ0v) is 25.8. The van der Waals surface area contributed by atoms with Gasteiger partial charge in [-0.2, -0.15) is 5.10 Å². The minimum absolute atomic E-state index is 0.0223. The van der Waals surface area contributed by atoms with Crippen molar-refractivity contribution in [3.8, 4) is 11.3 Å². The normalized spacial score (nSPS) is 12.0. The summed E-state index contributed by atoms with van der Waals surface area (Å²) >= 11 is 0. The highest BCUT2D eigenvalue weighted by Gasteiger charge is 2.28. The summed E-state index contributed by atoms with van der Waals surface area (Å²) < 4.78 is 35.7. The molecule has 2 aromatic heterocycles. The van der Waals surface area contributed by atoms with E-state index >= 15 is 0 Å². The van der Waals surface area contributed by atoms with Crippen LogP contribution in [-0.4, -0.2) is 55.5 Å². The van der Waals surface area contributed by atoms with E-state index in [1.54, 1.807) is 28.9 Å². The minimum atomic E-state index is -4.04. The number of nitrogens with zero attached hydrogens (tertiary/aromatic N) is 5. The maximum atomic E-state index is 13.6. The molecule has 0 radical (unpaired) electrons. The molecule has 4 aromatic rings. The molecular formula is C29H36N6O4SSi. The Morgan fingerprint density at radius 1 is 1.00 bits per heavy atom. The number of ether oxygens (including phenoxy) is 1. The molecular weight excluding hydrogens is 557 g/mol. The van der Waals surface area contributed by atoms with E-state index in [1.165, 1.54) is 24.5 Å². The van der Waals surface area contributed by atoms with Crippen LogP contribution in [0.5, 0.6) is 0 Å². The van der Waals surface area contributed by atoms with Gasteiger partial charge >= 0.3 is 0 Å². The number of hydrogen-bond acceptors (Lipinski definition) is 7. The number of rotatable bonds is 12. The lowest BCUT2D eigenvalue weighted by molar-refractivity contribution is 0.101. The molecule has 4 rings (SSSR count). The smallest absolute Gasteiger partial charge is 0.273 e. The first-order valence-electron chi connectivity index (χ1n) is 13.4. The number of carbonyl (C=O) groups excluding carboxylic acids is 1. The van der Waals surface area contributed by atoms with Crippen LogP contribution in [-0.2, 0) is 14.8 Å². The van der Waals surface area contributed by atoms with Crippen molar-refractivity contribution in [2.24, 2.45) is 0 Å². The first kappa shape index (κ1) is 30.1. The lowest BCUT2D eigenvalue weighted by atomic mass is 10.1. The summed E-state index contributed by atoms with van der Waals surface area (Å²) in [6, 6.07) is 19.9. The molecule has 0 aliphatic rings. The predicted molar refractivity (Wildman–Crippen MR) is 163 cm³/mol. The SMILES string of the molecule is CC(C)n1nc(-c2ccccc2)cc1C(=O)Nc1ccc(S(=O)(=O)N(COCC[Si](C)(C)C)c2ncccn2)cc1. The third kappa shape index (κ3) is 7.66. The number of sulfonamides is 1. The third-order valence-electron chi connectivity index (χ3n) is 6.21. The molecule has 0 bridgehead atoms. The fraction of sp³-hybridized carbons (Fsp3) is 0.310. The van der Waals surface area contributed by atoms with E-state index in [9.17, 15) is 13.2 Å². The van der Waals surface area contributed by atoms with Crippen LogP contribution in [0.3, 0.4) is 0 Å². The van der Waals surface area contributed by atoms with Gasteiger partial charge in [0.2, 0.25) is 5.95 Å². The van der Waals surface area contributed by atoms with Gasteiger partial charge in [-0.05, 0) is 56.3 Å². The van der Waals surface area contributed by atoms with Crippen LogP contribution < -0.4 is 9.62 Å². The molecule has 12 heteroatoms. The highest BCUT2D eigenvalue weighted by atomic mass is 32.2. The van der Waals surface area contributed by atoms with Crippen molar-refractivity contribution < 1.29 is 17.9 Å². The van der Waals surface area contributed by atoms with Gasteiger partial charge in [0.05, 0.1) is 10.6 Å². The largest absolute Gasteiger partial charge is 0.360 e. The van der Waals surface area contributed by atoms with Crippen LogP contribution in [0.1, 0.15) is 30.4 Å². The average molecular weight is 593 g/mol. The Labute approximate surface area is 242 Å². The zero-order chi connectivity index (χ0) is 29.6. The predicted octanol–water partition coefficient (Wildman–Crippen LogP) is 5.68. The number of benzene rings is 2. The zero-order valence-electron chi connectivity index (χ0n) is 24.0. The second-order valence-electron chi connectivity index (χ2n) is 11.0. The van der Waals surface area contributed by atoms with Gasteiger partial charge in [-0.15, -0.1) is 0 Å². The molecule has 0 saturated carbocycles. The summed E-state index contributed by atoms with van der Waals surface area (Å²) in [4.78, 5) is 21.5. The summed E-state index contributed by atoms with van der Waals surface area (Å²) in [7, 11) is -5.40. The number of aromatic nitrogens is 4. The van der Waals surface area contributed by atoms with Crippen molar-refractivity contribution in [1.82, 2.24) is 19.7 Å². The Bertz CT molecular complexity index is 1550. The van der Waals surface area contributed by atoms with E-state index < -0.39 is 18.1 Å². The first-order chi connectivity index (χ1) is 19.5. The topological polar surface area (TPSA) is 119 Å². The van der Waals surface area contributed by atoms with Gasteiger partial charge in [-0.25, -0.2) is 22.7 Å². The van der Waals surface area contributed by atoms with E-state index in [0.29, 0.717) is 23.7 Å². The molecule has 2 aromatic carbocycles. The van der Waals surface area contributed by atoms with Gasteiger partial charge in [0.15, 0.2) is 0 Å². The van der Waals surface area contributed by atoms with Crippen molar-refractivity contribution in [2.45, 2.75) is 50.5 Å². The first-order valence-corrected chi connectivity index (χ1v) is 18.5. The second-order valence-corrected chi connectivity index (χ2v) is 18.5. The molecule has 0 aliphatic carbocycles. The van der Waals surface area contributed by atoms with E-state index in [1.807, 2.05) is 44.2 Å². The summed E-state index contributed by atoms with van der Waals surface area (Å²) in [6.45, 7) is 10.8. The lowest BCUT2D eigenvalue weighted by Crippen LogP contribution is -2.35. The van der Waals surface area contributed by atoms with Crippen molar-refractivity contribution in [3.05, 3.63) is 84.8 Å². The highest BCUT2D eigenvalue weighted by molar-refractivity contribution is 7.92. The Hall–Kier alpha value is -3.87. The fourth-order valence-electron chi connectivity index (χ4n) is 3.92. The van der Waals surface area contributed by atoms with Gasteiger partial charge < -0.3 is 10.1 Å². The second kappa shape index (κ2) is 12.8. The number of carbonyl (C=O) groups is 1. The number of hydrogen-bond donors (Lipinski definition) is 1. The Morgan fingerprint density at radius 3 is 2.27 bits per heavy atom. The van der Waals surface area contributed by atoms with Crippen LogP contribution in [0.25, 0.3) is 11.3 Å². The molecule has 0 atom stereocenters. The highest BCUT2D eigenvalue weighted by Crippen LogP contribution is 2.24. The molecule has 216 valence electrons. The molecule has 2 heterocycles. The minimum Gasteiger partial charge on any atom is -0.360 e. The van der Waals surface area contributed by atoms with Crippen molar-refractivity contribution in [2.75, 3.05) is 23.0 Å². The molecule has 0 fully saturated rings. The van der Waals surface area contributed by atoms with Gasteiger partial charge in [0.25, 0.3) is 15.9 Å². The number of nitrogens with one attached hydrogen (secondary N) is 1.